The Hall–Kier alpha value is -2.64. The van der Waals surface area contributed by atoms with Gasteiger partial charge in [0.05, 0.1) is 19.0 Å². The lowest BCUT2D eigenvalue weighted by Gasteiger charge is -2.13. The molecule has 0 aliphatic carbocycles. The van der Waals surface area contributed by atoms with Crippen molar-refractivity contribution < 1.29 is 24.2 Å². The smallest absolute Gasteiger partial charge is 0.326 e. The fourth-order valence-electron chi connectivity index (χ4n) is 1.39. The van der Waals surface area contributed by atoms with Gasteiger partial charge in [0.2, 0.25) is 0 Å². The van der Waals surface area contributed by atoms with Gasteiger partial charge in [-0.15, -0.1) is 0 Å². The average molecular weight is 281 g/mol. The van der Waals surface area contributed by atoms with Crippen molar-refractivity contribution in [1.82, 2.24) is 10.3 Å². The molecule has 1 amide bonds. The normalized spacial score (nSPS) is 11.4. The van der Waals surface area contributed by atoms with Crippen LogP contribution in [0.15, 0.2) is 18.3 Å². The predicted molar refractivity (Wildman–Crippen MR) is 68.8 cm³/mol. The summed E-state index contributed by atoms with van der Waals surface area (Å²) in [6.07, 6.45) is 1.12. The minimum absolute atomic E-state index is 0.0449. The van der Waals surface area contributed by atoms with Crippen LogP contribution >= 0.6 is 0 Å². The fraction of sp³-hybridized carbons (Fsp3) is 0.333. The molecule has 0 fully saturated rings. The van der Waals surface area contributed by atoms with Crippen LogP contribution in [0, 0.1) is 0 Å². The Bertz CT molecular complexity index is 500. The Morgan fingerprint density at radius 1 is 1.45 bits per heavy atom. The van der Waals surface area contributed by atoms with E-state index < -0.39 is 23.9 Å². The van der Waals surface area contributed by atoms with Gasteiger partial charge in [0, 0.05) is 6.42 Å². The molecule has 0 bridgehead atoms. The number of aromatic nitrogens is 1. The molecule has 0 saturated carbocycles. The van der Waals surface area contributed by atoms with Crippen molar-refractivity contribution >= 4 is 23.5 Å². The number of carboxylic acids is 1. The highest BCUT2D eigenvalue weighted by atomic mass is 16.5. The van der Waals surface area contributed by atoms with Gasteiger partial charge < -0.3 is 20.9 Å². The van der Waals surface area contributed by atoms with E-state index in [4.69, 9.17) is 10.8 Å². The molecule has 1 aromatic rings. The lowest BCUT2D eigenvalue weighted by Crippen LogP contribution is -2.41. The van der Waals surface area contributed by atoms with Crippen LogP contribution in [0.4, 0.5) is 5.69 Å². The number of hydrogen-bond donors (Lipinski definition) is 3. The number of nitrogens with zero attached hydrogens (tertiary/aromatic N) is 1. The zero-order valence-corrected chi connectivity index (χ0v) is 10.8. The maximum atomic E-state index is 11.8. The number of anilines is 1. The molecule has 0 aliphatic heterocycles. The van der Waals surface area contributed by atoms with Crippen LogP contribution in [0.1, 0.15) is 23.3 Å². The molecular weight excluding hydrogens is 266 g/mol. The highest BCUT2D eigenvalue weighted by Crippen LogP contribution is 2.04. The Kier molecular flexibility index (Phi) is 5.45. The number of nitrogens with two attached hydrogens (primary N) is 1. The summed E-state index contributed by atoms with van der Waals surface area (Å²) in [6, 6.07) is 1.66. The van der Waals surface area contributed by atoms with Crippen molar-refractivity contribution in [3.8, 4) is 0 Å². The molecule has 8 nitrogen and oxygen atoms in total. The molecule has 0 aliphatic rings. The van der Waals surface area contributed by atoms with E-state index in [0.717, 1.165) is 0 Å². The number of amides is 1. The van der Waals surface area contributed by atoms with Crippen molar-refractivity contribution in [3.63, 3.8) is 0 Å². The van der Waals surface area contributed by atoms with Crippen LogP contribution in [0.25, 0.3) is 0 Å². The summed E-state index contributed by atoms with van der Waals surface area (Å²) >= 11 is 0. The number of methoxy groups -OCH3 is 1. The molecule has 8 heteroatoms. The SMILES string of the molecule is COC(=O)CCC(NC(=O)c1ccc(N)cn1)C(=O)O. The van der Waals surface area contributed by atoms with Crippen LogP contribution in [0.3, 0.4) is 0 Å². The first kappa shape index (κ1) is 15.4. The standard InChI is InChI=1S/C12H15N3O5/c1-20-10(16)5-4-9(12(18)19)15-11(17)8-3-2-7(13)6-14-8/h2-3,6,9H,4-5,13H2,1H3,(H,15,17)(H,18,19). The lowest BCUT2D eigenvalue weighted by molar-refractivity contribution is -0.142. The van der Waals surface area contributed by atoms with E-state index in [2.05, 4.69) is 15.0 Å². The van der Waals surface area contributed by atoms with Gasteiger partial charge in [-0.3, -0.25) is 9.59 Å². The van der Waals surface area contributed by atoms with Gasteiger partial charge in [-0.2, -0.15) is 0 Å². The number of ether oxygens (including phenoxy) is 1. The maximum Gasteiger partial charge on any atom is 0.326 e. The molecule has 1 atom stereocenters. The van der Waals surface area contributed by atoms with Crippen LogP contribution in [0.5, 0.6) is 0 Å². The van der Waals surface area contributed by atoms with Crippen molar-refractivity contribution in [2.24, 2.45) is 0 Å². The predicted octanol–water partition coefficient (Wildman–Crippen LogP) is -0.200. The number of pyridine rings is 1. The summed E-state index contributed by atoms with van der Waals surface area (Å²) in [5.41, 5.74) is 5.87. The molecule has 1 aromatic heterocycles. The lowest BCUT2D eigenvalue weighted by atomic mass is 10.1. The zero-order valence-electron chi connectivity index (χ0n) is 10.8. The van der Waals surface area contributed by atoms with E-state index in [-0.39, 0.29) is 18.5 Å². The minimum atomic E-state index is -1.24. The molecule has 0 aromatic carbocycles. The third kappa shape index (κ3) is 4.56. The molecule has 0 radical (unpaired) electrons. The molecule has 1 unspecified atom stereocenters. The summed E-state index contributed by atoms with van der Waals surface area (Å²) in [5, 5.41) is 11.3. The second-order valence-corrected chi connectivity index (χ2v) is 3.96. The Balaban J connectivity index is 2.65. The third-order valence-corrected chi connectivity index (χ3v) is 2.49. The molecule has 1 heterocycles. The average Bonchev–Trinajstić information content (AvgIpc) is 2.43. The van der Waals surface area contributed by atoms with E-state index in [9.17, 15) is 14.4 Å². The molecule has 20 heavy (non-hydrogen) atoms. The number of esters is 1. The van der Waals surface area contributed by atoms with Gasteiger partial charge in [0.1, 0.15) is 11.7 Å². The van der Waals surface area contributed by atoms with Crippen molar-refractivity contribution in [2.45, 2.75) is 18.9 Å². The van der Waals surface area contributed by atoms with E-state index in [1.807, 2.05) is 0 Å². The summed E-state index contributed by atoms with van der Waals surface area (Å²) in [6.45, 7) is 0. The summed E-state index contributed by atoms with van der Waals surface area (Å²) < 4.78 is 4.41. The number of rotatable bonds is 6. The second kappa shape index (κ2) is 7.07. The summed E-state index contributed by atoms with van der Waals surface area (Å²) in [7, 11) is 1.20. The molecule has 0 spiro atoms. The van der Waals surface area contributed by atoms with E-state index in [1.165, 1.54) is 25.4 Å². The highest BCUT2D eigenvalue weighted by molar-refractivity contribution is 5.95. The summed E-state index contributed by atoms with van der Waals surface area (Å²) in [5.74, 6) is -2.43. The molecule has 0 saturated heterocycles. The number of carbonyl (C=O) groups is 3. The maximum absolute atomic E-state index is 11.8. The second-order valence-electron chi connectivity index (χ2n) is 3.96. The molecular formula is C12H15N3O5. The van der Waals surface area contributed by atoms with Gasteiger partial charge in [-0.05, 0) is 18.6 Å². The molecule has 1 rings (SSSR count). The van der Waals surface area contributed by atoms with E-state index in [0.29, 0.717) is 5.69 Å². The van der Waals surface area contributed by atoms with Gasteiger partial charge in [0.25, 0.3) is 5.91 Å². The largest absolute Gasteiger partial charge is 0.480 e. The Morgan fingerprint density at radius 3 is 2.65 bits per heavy atom. The quantitative estimate of drug-likeness (QED) is 0.615. The first-order valence-corrected chi connectivity index (χ1v) is 5.76. The number of nitrogens with one attached hydrogen (secondary N) is 1. The topological polar surface area (TPSA) is 132 Å². The molecule has 4 N–H and O–H groups in total. The third-order valence-electron chi connectivity index (χ3n) is 2.49. The molecule has 108 valence electrons. The monoisotopic (exact) mass is 281 g/mol. The first-order chi connectivity index (χ1) is 9.43. The van der Waals surface area contributed by atoms with Gasteiger partial charge in [-0.25, -0.2) is 9.78 Å². The van der Waals surface area contributed by atoms with Crippen LogP contribution in [0.2, 0.25) is 0 Å². The van der Waals surface area contributed by atoms with E-state index >= 15 is 0 Å². The van der Waals surface area contributed by atoms with Gasteiger partial charge in [-0.1, -0.05) is 0 Å². The number of aliphatic carboxylic acids is 1. The minimum Gasteiger partial charge on any atom is -0.480 e. The van der Waals surface area contributed by atoms with Crippen LogP contribution in [-0.2, 0) is 14.3 Å². The Morgan fingerprint density at radius 2 is 2.15 bits per heavy atom. The van der Waals surface area contributed by atoms with Gasteiger partial charge >= 0.3 is 11.9 Å². The highest BCUT2D eigenvalue weighted by Gasteiger charge is 2.22. The zero-order chi connectivity index (χ0) is 15.1. The number of carboxylic acid groups (broad SMARTS) is 1. The summed E-state index contributed by atoms with van der Waals surface area (Å²) in [4.78, 5) is 37.6. The van der Waals surface area contributed by atoms with Crippen LogP contribution in [-0.4, -0.2) is 41.1 Å². The number of nitrogen functional groups attached to an aromatic ring is 1. The van der Waals surface area contributed by atoms with Crippen molar-refractivity contribution in [1.29, 1.82) is 0 Å². The van der Waals surface area contributed by atoms with Crippen molar-refractivity contribution in [2.75, 3.05) is 12.8 Å². The fourth-order valence-corrected chi connectivity index (χ4v) is 1.39. The van der Waals surface area contributed by atoms with Crippen molar-refractivity contribution in [3.05, 3.63) is 24.0 Å². The number of carbonyl (C=O) groups excluding carboxylic acids is 2. The van der Waals surface area contributed by atoms with E-state index in [1.54, 1.807) is 0 Å². The van der Waals surface area contributed by atoms with Crippen LogP contribution < -0.4 is 11.1 Å². The Labute approximate surface area is 114 Å². The number of hydrogen-bond acceptors (Lipinski definition) is 6. The first-order valence-electron chi connectivity index (χ1n) is 5.76. The van der Waals surface area contributed by atoms with Gasteiger partial charge in [0.15, 0.2) is 0 Å².